The van der Waals surface area contributed by atoms with Crippen molar-refractivity contribution in [1.29, 1.82) is 0 Å². The molecule has 0 radical (unpaired) electrons. The Kier molecular flexibility index (Phi) is 3.86. The Labute approximate surface area is 84.5 Å². The van der Waals surface area contributed by atoms with E-state index in [-0.39, 0.29) is 24.6 Å². The number of rotatable bonds is 4. The summed E-state index contributed by atoms with van der Waals surface area (Å²) in [5.74, 6) is -0.331. The second-order valence-electron chi connectivity index (χ2n) is 4.20. The van der Waals surface area contributed by atoms with E-state index in [0.29, 0.717) is 6.54 Å². The number of carbonyl (C=O) groups excluding carboxylic acids is 1. The van der Waals surface area contributed by atoms with Crippen molar-refractivity contribution in [2.45, 2.75) is 18.6 Å². The fourth-order valence-electron chi connectivity index (χ4n) is 1.96. The lowest BCUT2D eigenvalue weighted by atomic mass is 10.2. The number of likely N-dealkylation sites (tertiary alicyclic amines) is 1. The van der Waals surface area contributed by atoms with Gasteiger partial charge in [-0.25, -0.2) is 0 Å². The summed E-state index contributed by atoms with van der Waals surface area (Å²) in [5.41, 5.74) is 5.13. The molecule has 1 rings (SSSR count). The Morgan fingerprint density at radius 1 is 1.64 bits per heavy atom. The molecule has 0 aliphatic carbocycles. The molecule has 5 nitrogen and oxygen atoms in total. The number of aliphatic hydroxyl groups excluding tert-OH is 1. The van der Waals surface area contributed by atoms with Crippen LogP contribution in [0.2, 0.25) is 0 Å². The van der Waals surface area contributed by atoms with Crippen LogP contribution in [0.3, 0.4) is 0 Å². The number of nitrogens with two attached hydrogens (primary N) is 1. The quantitative estimate of drug-likeness (QED) is 0.579. The van der Waals surface area contributed by atoms with Crippen LogP contribution in [-0.4, -0.2) is 66.7 Å². The normalized spacial score (nSPS) is 28.6. The van der Waals surface area contributed by atoms with Crippen molar-refractivity contribution < 1.29 is 9.90 Å². The molecule has 1 saturated heterocycles. The highest BCUT2D eigenvalue weighted by molar-refractivity contribution is 5.76. The monoisotopic (exact) mass is 201 g/mol. The molecule has 0 aromatic carbocycles. The van der Waals surface area contributed by atoms with Gasteiger partial charge >= 0.3 is 0 Å². The summed E-state index contributed by atoms with van der Waals surface area (Å²) in [6, 6.07) is 0.243. The van der Waals surface area contributed by atoms with Crippen LogP contribution in [0, 0.1) is 0 Å². The van der Waals surface area contributed by atoms with Crippen LogP contribution in [0.25, 0.3) is 0 Å². The van der Waals surface area contributed by atoms with E-state index in [9.17, 15) is 9.90 Å². The molecule has 1 aliphatic heterocycles. The van der Waals surface area contributed by atoms with Gasteiger partial charge in [0.05, 0.1) is 12.6 Å². The number of β-amino-alcohol motifs (C(OH)–C–C–N with tert-alkyl or cyclic N) is 1. The number of carbonyl (C=O) groups is 1. The molecule has 82 valence electrons. The van der Waals surface area contributed by atoms with Crippen LogP contribution in [0.15, 0.2) is 0 Å². The first-order chi connectivity index (χ1) is 6.49. The fourth-order valence-corrected chi connectivity index (χ4v) is 1.96. The summed E-state index contributed by atoms with van der Waals surface area (Å²) >= 11 is 0. The number of aliphatic hydroxyl groups is 1. The van der Waals surface area contributed by atoms with Crippen LogP contribution >= 0.6 is 0 Å². The molecular weight excluding hydrogens is 182 g/mol. The van der Waals surface area contributed by atoms with Gasteiger partial charge in [0.2, 0.25) is 5.91 Å². The van der Waals surface area contributed by atoms with Gasteiger partial charge in [-0.1, -0.05) is 0 Å². The van der Waals surface area contributed by atoms with Crippen molar-refractivity contribution in [3.63, 3.8) is 0 Å². The maximum Gasteiger partial charge on any atom is 0.231 e. The Balaban J connectivity index is 2.49. The molecule has 1 amide bonds. The summed E-state index contributed by atoms with van der Waals surface area (Å²) in [7, 11) is 3.96. The highest BCUT2D eigenvalue weighted by Gasteiger charge is 2.31. The highest BCUT2D eigenvalue weighted by Crippen LogP contribution is 2.17. The lowest BCUT2D eigenvalue weighted by Gasteiger charge is -2.25. The third kappa shape index (κ3) is 3.25. The number of likely N-dealkylation sites (N-methyl/N-ethyl adjacent to an activating group) is 1. The van der Waals surface area contributed by atoms with Gasteiger partial charge in [-0.15, -0.1) is 0 Å². The van der Waals surface area contributed by atoms with E-state index in [1.165, 1.54) is 0 Å². The zero-order chi connectivity index (χ0) is 10.7. The number of nitrogens with zero attached hydrogens (tertiary/aromatic N) is 2. The predicted octanol–water partition coefficient (Wildman–Crippen LogP) is -1.53. The van der Waals surface area contributed by atoms with Gasteiger partial charge in [0.15, 0.2) is 0 Å². The molecule has 0 aromatic rings. The zero-order valence-electron chi connectivity index (χ0n) is 8.81. The lowest BCUT2D eigenvalue weighted by Crippen LogP contribution is -2.42. The first kappa shape index (κ1) is 11.4. The van der Waals surface area contributed by atoms with Gasteiger partial charge in [-0.3, -0.25) is 9.69 Å². The van der Waals surface area contributed by atoms with Crippen LogP contribution in [-0.2, 0) is 4.79 Å². The standard InChI is InChI=1S/C9H19N3O2/c1-11(2)4-7-3-8(13)5-12(7)6-9(10)14/h7-8,13H,3-6H2,1-2H3,(H2,10,14). The molecule has 0 aromatic heterocycles. The van der Waals surface area contributed by atoms with Crippen molar-refractivity contribution >= 4 is 5.91 Å². The molecule has 3 N–H and O–H groups in total. The Hall–Kier alpha value is -0.650. The maximum atomic E-state index is 10.8. The Morgan fingerprint density at radius 2 is 2.29 bits per heavy atom. The van der Waals surface area contributed by atoms with E-state index in [1.54, 1.807) is 0 Å². The largest absolute Gasteiger partial charge is 0.392 e. The van der Waals surface area contributed by atoms with Crippen molar-refractivity contribution in [2.24, 2.45) is 5.73 Å². The minimum atomic E-state index is -0.331. The summed E-state index contributed by atoms with van der Waals surface area (Å²) in [5, 5.41) is 9.48. The first-order valence-electron chi connectivity index (χ1n) is 4.84. The molecule has 0 saturated carbocycles. The molecule has 14 heavy (non-hydrogen) atoms. The molecular formula is C9H19N3O2. The molecule has 0 bridgehead atoms. The lowest BCUT2D eigenvalue weighted by molar-refractivity contribution is -0.119. The Morgan fingerprint density at radius 3 is 2.79 bits per heavy atom. The Bertz CT molecular complexity index is 208. The van der Waals surface area contributed by atoms with Crippen molar-refractivity contribution in [3.05, 3.63) is 0 Å². The second-order valence-corrected chi connectivity index (χ2v) is 4.20. The van der Waals surface area contributed by atoms with Crippen LogP contribution < -0.4 is 5.73 Å². The number of hydrogen-bond donors (Lipinski definition) is 2. The van der Waals surface area contributed by atoms with Crippen LogP contribution in [0.1, 0.15) is 6.42 Å². The minimum absolute atomic E-state index is 0.243. The predicted molar refractivity (Wildman–Crippen MR) is 53.7 cm³/mol. The maximum absolute atomic E-state index is 10.8. The van der Waals surface area contributed by atoms with Crippen molar-refractivity contribution in [1.82, 2.24) is 9.80 Å². The van der Waals surface area contributed by atoms with E-state index in [0.717, 1.165) is 13.0 Å². The summed E-state index contributed by atoms with van der Waals surface area (Å²) in [4.78, 5) is 14.8. The van der Waals surface area contributed by atoms with Crippen LogP contribution in [0.5, 0.6) is 0 Å². The highest BCUT2D eigenvalue weighted by atomic mass is 16.3. The smallest absolute Gasteiger partial charge is 0.231 e. The van der Waals surface area contributed by atoms with E-state index in [1.807, 2.05) is 19.0 Å². The molecule has 2 unspecified atom stereocenters. The van der Waals surface area contributed by atoms with Crippen molar-refractivity contribution in [3.8, 4) is 0 Å². The van der Waals surface area contributed by atoms with Gasteiger partial charge in [0.25, 0.3) is 0 Å². The SMILES string of the molecule is CN(C)CC1CC(O)CN1CC(N)=O. The average Bonchev–Trinajstić information content (AvgIpc) is 2.28. The van der Waals surface area contributed by atoms with Gasteiger partial charge in [0.1, 0.15) is 0 Å². The number of amides is 1. The zero-order valence-corrected chi connectivity index (χ0v) is 8.81. The van der Waals surface area contributed by atoms with Crippen LogP contribution in [0.4, 0.5) is 0 Å². The molecule has 1 aliphatic rings. The van der Waals surface area contributed by atoms with E-state index in [4.69, 9.17) is 5.73 Å². The van der Waals surface area contributed by atoms with E-state index in [2.05, 4.69) is 4.90 Å². The molecule has 5 heteroatoms. The number of primary amides is 1. The molecule has 0 spiro atoms. The third-order valence-corrected chi connectivity index (χ3v) is 2.44. The van der Waals surface area contributed by atoms with E-state index < -0.39 is 0 Å². The summed E-state index contributed by atoms with van der Waals surface area (Å²) < 4.78 is 0. The van der Waals surface area contributed by atoms with Crippen molar-refractivity contribution in [2.75, 3.05) is 33.7 Å². The topological polar surface area (TPSA) is 69.8 Å². The summed E-state index contributed by atoms with van der Waals surface area (Å²) in [6.45, 7) is 1.65. The molecule has 2 atom stereocenters. The average molecular weight is 201 g/mol. The van der Waals surface area contributed by atoms with Gasteiger partial charge in [0, 0.05) is 19.1 Å². The molecule has 1 heterocycles. The fraction of sp³-hybridized carbons (Fsp3) is 0.889. The van der Waals surface area contributed by atoms with E-state index >= 15 is 0 Å². The van der Waals surface area contributed by atoms with Gasteiger partial charge in [-0.2, -0.15) is 0 Å². The first-order valence-corrected chi connectivity index (χ1v) is 4.84. The van der Waals surface area contributed by atoms with Gasteiger partial charge < -0.3 is 15.7 Å². The molecule has 1 fully saturated rings. The second kappa shape index (κ2) is 4.72. The number of hydrogen-bond acceptors (Lipinski definition) is 4. The minimum Gasteiger partial charge on any atom is -0.392 e. The van der Waals surface area contributed by atoms with Gasteiger partial charge in [-0.05, 0) is 20.5 Å². The summed E-state index contributed by atoms with van der Waals surface area (Å²) in [6.07, 6.45) is 0.408. The third-order valence-electron chi connectivity index (χ3n) is 2.44.